The van der Waals surface area contributed by atoms with Gasteiger partial charge in [0, 0.05) is 48.2 Å². The van der Waals surface area contributed by atoms with E-state index in [0.717, 1.165) is 50.1 Å². The molecule has 4 nitrogen and oxygen atoms in total. The Morgan fingerprint density at radius 1 is 0.633 bits per heavy atom. The van der Waals surface area contributed by atoms with Crippen LogP contribution in [0.3, 0.4) is 0 Å². The molecule has 0 radical (unpaired) electrons. The molecule has 0 spiro atoms. The van der Waals surface area contributed by atoms with Crippen LogP contribution in [0.5, 0.6) is 5.75 Å². The Labute approximate surface area is 377 Å². The molecule has 60 heavy (non-hydrogen) atoms. The van der Waals surface area contributed by atoms with Gasteiger partial charge in [0.2, 0.25) is 0 Å². The van der Waals surface area contributed by atoms with E-state index in [0.29, 0.717) is 44.9 Å². The summed E-state index contributed by atoms with van der Waals surface area (Å²) >= 11 is 0. The van der Waals surface area contributed by atoms with Gasteiger partial charge in [-0.1, -0.05) is 140 Å². The molecule has 0 saturated heterocycles. The van der Waals surface area contributed by atoms with Crippen molar-refractivity contribution in [3.05, 3.63) is 192 Å². The molecule has 7 aromatic carbocycles. The second-order valence-electron chi connectivity index (χ2n) is 15.3. The Bertz CT molecular complexity index is 3280. The maximum Gasteiger partial charge on any atom is 0.148 e. The van der Waals surface area contributed by atoms with Crippen LogP contribution in [0.15, 0.2) is 158 Å². The van der Waals surface area contributed by atoms with E-state index in [4.69, 9.17) is 19.6 Å². The topological polar surface area (TPSA) is 50.9 Å². The second-order valence-corrected chi connectivity index (χ2v) is 15.3. The van der Waals surface area contributed by atoms with E-state index in [1.807, 2.05) is 135 Å². The van der Waals surface area contributed by atoms with Crippen LogP contribution in [-0.4, -0.2) is 19.6 Å². The van der Waals surface area contributed by atoms with Crippen molar-refractivity contribution < 1.29 is 35.8 Å². The number of aromatic hydroxyl groups is 1. The number of hydrogen-bond acceptors (Lipinski definition) is 3. The van der Waals surface area contributed by atoms with Crippen LogP contribution in [0.1, 0.15) is 57.2 Å². The van der Waals surface area contributed by atoms with Crippen molar-refractivity contribution in [3.63, 3.8) is 0 Å². The molecule has 2 heterocycles. The van der Waals surface area contributed by atoms with Gasteiger partial charge < -0.3 is 5.11 Å². The van der Waals surface area contributed by atoms with Gasteiger partial charge in [0.05, 0.1) is 16.6 Å². The van der Waals surface area contributed by atoms with E-state index in [-0.39, 0.29) is 43.5 Å². The first-order valence-electron chi connectivity index (χ1n) is 23.1. The third-order valence-corrected chi connectivity index (χ3v) is 10.9. The van der Waals surface area contributed by atoms with Crippen molar-refractivity contribution >= 4 is 11.0 Å². The number of aromatic nitrogens is 3. The summed E-state index contributed by atoms with van der Waals surface area (Å²) in [7, 11) is 0. The summed E-state index contributed by atoms with van der Waals surface area (Å²) in [6.07, 6.45) is 1.79. The average molecular weight is 967 g/mol. The summed E-state index contributed by atoms with van der Waals surface area (Å²) in [5.74, 6) is -0.367. The monoisotopic (exact) mass is 966 g/mol. The van der Waals surface area contributed by atoms with E-state index in [9.17, 15) is 5.11 Å². The van der Waals surface area contributed by atoms with E-state index >= 15 is 0 Å². The van der Waals surface area contributed by atoms with E-state index in [1.165, 1.54) is 6.07 Å². The van der Waals surface area contributed by atoms with Gasteiger partial charge >= 0.3 is 0 Å². The molecule has 0 saturated carbocycles. The molecule has 0 aliphatic carbocycles. The molecule has 9 aromatic rings. The van der Waals surface area contributed by atoms with Gasteiger partial charge in [-0.05, 0) is 119 Å². The number of benzene rings is 7. The number of imidazole rings is 1. The number of nitrogens with zero attached hydrogens (tertiary/aromatic N) is 3. The normalized spacial score (nSPS) is 13.6. The predicted molar refractivity (Wildman–Crippen MR) is 245 cm³/mol. The summed E-state index contributed by atoms with van der Waals surface area (Å²) in [6, 6.07) is 51.5. The Morgan fingerprint density at radius 2 is 1.35 bits per heavy atom. The molecule has 298 valence electrons. The quantitative estimate of drug-likeness (QED) is 0.154. The molecule has 0 aliphatic rings. The van der Waals surface area contributed by atoms with Gasteiger partial charge in [-0.15, -0.1) is 23.8 Å². The average Bonchev–Trinajstić information content (AvgIpc) is 3.69. The summed E-state index contributed by atoms with van der Waals surface area (Å²) in [6.45, 7) is 1.93. The number of para-hydroxylation sites is 1. The van der Waals surface area contributed by atoms with Crippen molar-refractivity contribution in [1.29, 1.82) is 0 Å². The molecule has 0 aliphatic heterocycles. The summed E-state index contributed by atoms with van der Waals surface area (Å²) < 4.78 is 62.1. The third-order valence-electron chi connectivity index (χ3n) is 10.9. The Hall–Kier alpha value is -6.35. The van der Waals surface area contributed by atoms with Gasteiger partial charge in [-0.3, -0.25) is 9.55 Å². The number of aryl methyl sites for hydroxylation is 3. The molecule has 0 amide bonds. The third kappa shape index (κ3) is 7.64. The minimum atomic E-state index is -2.80. The van der Waals surface area contributed by atoms with Crippen molar-refractivity contribution in [2.75, 3.05) is 0 Å². The van der Waals surface area contributed by atoms with Crippen molar-refractivity contribution in [1.82, 2.24) is 14.5 Å². The Morgan fingerprint density at radius 3 is 2.07 bits per heavy atom. The number of fused-ring (bicyclic) bond motifs is 1. The zero-order valence-corrected chi connectivity index (χ0v) is 35.9. The largest absolute Gasteiger partial charge is 0.507 e. The number of rotatable bonds is 8. The SMILES string of the molecule is [2H]C([2H])([2H])c1cc(-n2c(-c3cc(C)cc(C)c3O)nc3c(-c4[c-]c(-c5cc(-c6ccc(C([2H])(C)C)cc6)ccn5)cc(-c5ccccc5)c4)cccc32)cc(-c2ccccc2)c1C([2H])([2H])[2H].[Pt]. The van der Waals surface area contributed by atoms with Crippen LogP contribution in [0.25, 0.3) is 83.9 Å². The number of phenols is 1. The minimum Gasteiger partial charge on any atom is -0.507 e. The zero-order valence-electron chi connectivity index (χ0n) is 40.6. The van der Waals surface area contributed by atoms with Crippen molar-refractivity contribution in [3.8, 4) is 78.6 Å². The summed E-state index contributed by atoms with van der Waals surface area (Å²) in [5, 5.41) is 11.8. The Balaban J connectivity index is 0.00000608. The van der Waals surface area contributed by atoms with Gasteiger partial charge in [0.25, 0.3) is 0 Å². The maximum absolute atomic E-state index is 11.8. The van der Waals surface area contributed by atoms with Gasteiger partial charge in [-0.25, -0.2) is 4.98 Å². The van der Waals surface area contributed by atoms with Crippen LogP contribution in [0.4, 0.5) is 0 Å². The van der Waals surface area contributed by atoms with Crippen LogP contribution < -0.4 is 0 Å². The van der Waals surface area contributed by atoms with Crippen molar-refractivity contribution in [2.24, 2.45) is 0 Å². The van der Waals surface area contributed by atoms with Crippen molar-refractivity contribution in [2.45, 2.75) is 47.3 Å². The molecule has 1 N–H and O–H groups in total. The molecule has 2 aromatic heterocycles. The Kier molecular flexibility index (Phi) is 9.06. The fraction of sp³-hybridized carbons (Fsp3) is 0.127. The van der Waals surface area contributed by atoms with Crippen LogP contribution in [0, 0.1) is 33.6 Å². The fourth-order valence-corrected chi connectivity index (χ4v) is 7.89. The fourth-order valence-electron chi connectivity index (χ4n) is 7.89. The van der Waals surface area contributed by atoms with E-state index < -0.39 is 19.6 Å². The molecule has 0 unspecified atom stereocenters. The van der Waals surface area contributed by atoms with Crippen LogP contribution in [0.2, 0.25) is 0 Å². The first-order valence-corrected chi connectivity index (χ1v) is 19.6. The maximum atomic E-state index is 11.8. The second kappa shape index (κ2) is 16.7. The van der Waals surface area contributed by atoms with E-state index in [2.05, 4.69) is 18.2 Å². The first kappa shape index (κ1) is 32.5. The molecule has 0 atom stereocenters. The number of hydrogen-bond donors (Lipinski definition) is 1. The minimum absolute atomic E-state index is 0. The standard InChI is InChI=1S/C55H46N3O.Pt/c1-34(2)39-20-22-41(23-21-39)43-24-25-56-51(32-43)46-30-44(40-14-9-7-10-15-40)29-45(31-46)48-18-13-19-52-53(48)57-55(50-27-35(3)26-37(5)54(50)59)58(52)47-28-36(4)38(6)49(33-47)42-16-11-8-12-17-42;/h7-30,32-34,59H,1-6H3;/q-1;/i4D3,6D3,34D;. The molecule has 0 bridgehead atoms. The van der Waals surface area contributed by atoms with Gasteiger partial charge in [0.1, 0.15) is 11.6 Å². The van der Waals surface area contributed by atoms with E-state index in [1.54, 1.807) is 36.5 Å². The molecular weight excluding hydrogens is 914 g/mol. The van der Waals surface area contributed by atoms with Crippen LogP contribution in [-0.2, 0) is 21.1 Å². The summed E-state index contributed by atoms with van der Waals surface area (Å²) in [4.78, 5) is 10.2. The van der Waals surface area contributed by atoms with Gasteiger partial charge in [-0.2, -0.15) is 0 Å². The number of pyridine rings is 1. The molecular formula is C55H46N3OPt-. The first-order chi connectivity index (χ1) is 31.3. The predicted octanol–water partition coefficient (Wildman–Crippen LogP) is 14.3. The zero-order chi connectivity index (χ0) is 46.7. The smallest absolute Gasteiger partial charge is 0.148 e. The summed E-state index contributed by atoms with van der Waals surface area (Å²) in [5.41, 5.74) is 11.4. The molecule has 5 heteroatoms. The molecule has 0 fully saturated rings. The number of phenolic OH excluding ortho intramolecular Hbond substituents is 1. The van der Waals surface area contributed by atoms with Crippen LogP contribution >= 0.6 is 0 Å². The molecule has 9 rings (SSSR count). The van der Waals surface area contributed by atoms with Gasteiger partial charge in [0.15, 0.2) is 0 Å².